The average molecular weight is 338 g/mol. The molecule has 2 aromatic carbocycles. The number of aromatic carboxylic acids is 1. The zero-order chi connectivity index (χ0) is 14.7. The van der Waals surface area contributed by atoms with Crippen LogP contribution >= 0.6 is 15.9 Å². The lowest BCUT2D eigenvalue weighted by atomic mass is 10.2. The molecule has 102 valence electrons. The van der Waals surface area contributed by atoms with Crippen molar-refractivity contribution in [2.75, 3.05) is 0 Å². The number of nitro benzene ring substituents is 1. The maximum absolute atomic E-state index is 11.2. The van der Waals surface area contributed by atoms with Gasteiger partial charge in [0.1, 0.15) is 11.3 Å². The van der Waals surface area contributed by atoms with E-state index in [1.165, 1.54) is 24.3 Å². The molecule has 0 atom stereocenters. The fourth-order valence-corrected chi connectivity index (χ4v) is 2.13. The quantitative estimate of drug-likeness (QED) is 0.676. The topological polar surface area (TPSA) is 89.7 Å². The molecular weight excluding hydrogens is 330 g/mol. The highest BCUT2D eigenvalue weighted by Crippen LogP contribution is 2.34. The van der Waals surface area contributed by atoms with Crippen LogP contribution in [0.15, 0.2) is 46.9 Å². The van der Waals surface area contributed by atoms with Crippen LogP contribution in [0.1, 0.15) is 10.4 Å². The first-order valence-electron chi connectivity index (χ1n) is 5.44. The lowest BCUT2D eigenvalue weighted by Crippen LogP contribution is -2.02. The Labute approximate surface area is 121 Å². The van der Waals surface area contributed by atoms with E-state index < -0.39 is 10.9 Å². The molecule has 7 heteroatoms. The number of carbonyl (C=O) groups is 1. The molecule has 0 heterocycles. The van der Waals surface area contributed by atoms with Crippen molar-refractivity contribution >= 4 is 27.6 Å². The second-order valence-electron chi connectivity index (χ2n) is 3.75. The molecule has 0 unspecified atom stereocenters. The van der Waals surface area contributed by atoms with Gasteiger partial charge in [-0.1, -0.05) is 18.2 Å². The number of carboxylic acids is 1. The maximum Gasteiger partial charge on any atom is 0.340 e. The van der Waals surface area contributed by atoms with Gasteiger partial charge < -0.3 is 9.84 Å². The SMILES string of the molecule is O=C(O)c1c(Br)cccc1Oc1ccccc1[N+](=O)[O-]. The Morgan fingerprint density at radius 2 is 1.80 bits per heavy atom. The number of nitrogens with zero attached hydrogens (tertiary/aromatic N) is 1. The Kier molecular flexibility index (Phi) is 3.99. The van der Waals surface area contributed by atoms with Gasteiger partial charge in [0, 0.05) is 10.5 Å². The Balaban J connectivity index is 2.49. The molecule has 0 saturated carbocycles. The molecule has 1 N–H and O–H groups in total. The molecule has 0 saturated heterocycles. The smallest absolute Gasteiger partial charge is 0.340 e. The fraction of sp³-hybridized carbons (Fsp3) is 0. The molecule has 0 fully saturated rings. The largest absolute Gasteiger partial charge is 0.478 e. The highest BCUT2D eigenvalue weighted by molar-refractivity contribution is 9.10. The average Bonchev–Trinajstić information content (AvgIpc) is 2.38. The lowest BCUT2D eigenvalue weighted by Gasteiger charge is -2.10. The van der Waals surface area contributed by atoms with E-state index in [1.807, 2.05) is 0 Å². The Morgan fingerprint density at radius 1 is 1.15 bits per heavy atom. The van der Waals surface area contributed by atoms with Crippen LogP contribution in [0.25, 0.3) is 0 Å². The van der Waals surface area contributed by atoms with E-state index in [4.69, 9.17) is 9.84 Å². The zero-order valence-electron chi connectivity index (χ0n) is 9.95. The second-order valence-corrected chi connectivity index (χ2v) is 4.60. The van der Waals surface area contributed by atoms with E-state index in [0.717, 1.165) is 0 Å². The van der Waals surface area contributed by atoms with Gasteiger partial charge in [0.25, 0.3) is 0 Å². The van der Waals surface area contributed by atoms with Crippen molar-refractivity contribution in [1.29, 1.82) is 0 Å². The molecule has 2 aromatic rings. The minimum absolute atomic E-state index is 0.0156. The van der Waals surface area contributed by atoms with E-state index in [-0.39, 0.29) is 22.7 Å². The van der Waals surface area contributed by atoms with E-state index in [0.29, 0.717) is 4.47 Å². The summed E-state index contributed by atoms with van der Waals surface area (Å²) in [4.78, 5) is 21.5. The first-order chi connectivity index (χ1) is 9.50. The van der Waals surface area contributed by atoms with Crippen LogP contribution in [0.2, 0.25) is 0 Å². The number of carboxylic acid groups (broad SMARTS) is 1. The van der Waals surface area contributed by atoms with Crippen molar-refractivity contribution in [3.8, 4) is 11.5 Å². The van der Waals surface area contributed by atoms with Crippen LogP contribution in [-0.2, 0) is 0 Å². The summed E-state index contributed by atoms with van der Waals surface area (Å²) < 4.78 is 5.73. The minimum Gasteiger partial charge on any atom is -0.478 e. The van der Waals surface area contributed by atoms with Crippen LogP contribution in [0, 0.1) is 10.1 Å². The normalized spacial score (nSPS) is 10.1. The molecule has 2 rings (SSSR count). The standard InChI is InChI=1S/C13H8BrNO5/c14-8-4-3-7-11(12(8)13(16)17)20-10-6-2-1-5-9(10)15(18)19/h1-7H,(H,16,17). The Hall–Kier alpha value is -2.41. The molecule has 0 aliphatic heterocycles. The lowest BCUT2D eigenvalue weighted by molar-refractivity contribution is -0.385. The van der Waals surface area contributed by atoms with Gasteiger partial charge >= 0.3 is 11.7 Å². The van der Waals surface area contributed by atoms with Gasteiger partial charge in [0.2, 0.25) is 5.75 Å². The summed E-state index contributed by atoms with van der Waals surface area (Å²) in [5.41, 5.74) is -0.325. The van der Waals surface area contributed by atoms with Gasteiger partial charge in [-0.15, -0.1) is 0 Å². The van der Waals surface area contributed by atoms with Crippen molar-refractivity contribution in [2.45, 2.75) is 0 Å². The van der Waals surface area contributed by atoms with Crippen LogP contribution in [0.3, 0.4) is 0 Å². The number of hydrogen-bond acceptors (Lipinski definition) is 4. The summed E-state index contributed by atoms with van der Waals surface area (Å²) in [5, 5.41) is 20.1. The number of ether oxygens (including phenoxy) is 1. The summed E-state index contributed by atoms with van der Waals surface area (Å²) in [6.07, 6.45) is 0. The molecule has 20 heavy (non-hydrogen) atoms. The van der Waals surface area contributed by atoms with Crippen molar-refractivity contribution in [2.24, 2.45) is 0 Å². The number of rotatable bonds is 4. The highest BCUT2D eigenvalue weighted by Gasteiger charge is 2.19. The summed E-state index contributed by atoms with van der Waals surface area (Å²) >= 11 is 3.11. The molecule has 0 aromatic heterocycles. The van der Waals surface area contributed by atoms with Crippen LogP contribution in [0.4, 0.5) is 5.69 Å². The van der Waals surface area contributed by atoms with Gasteiger partial charge in [0.15, 0.2) is 0 Å². The van der Waals surface area contributed by atoms with Gasteiger partial charge in [0.05, 0.1) is 4.92 Å². The summed E-state index contributed by atoms with van der Waals surface area (Å²) in [6.45, 7) is 0. The molecule has 0 aliphatic rings. The number of hydrogen-bond donors (Lipinski definition) is 1. The zero-order valence-corrected chi connectivity index (χ0v) is 11.5. The third kappa shape index (κ3) is 2.77. The molecule has 0 spiro atoms. The van der Waals surface area contributed by atoms with E-state index in [9.17, 15) is 14.9 Å². The van der Waals surface area contributed by atoms with Crippen molar-refractivity contribution < 1.29 is 19.6 Å². The van der Waals surface area contributed by atoms with Crippen LogP contribution in [-0.4, -0.2) is 16.0 Å². The van der Waals surface area contributed by atoms with Crippen molar-refractivity contribution in [3.63, 3.8) is 0 Å². The molecule has 0 radical (unpaired) electrons. The third-order valence-electron chi connectivity index (χ3n) is 2.47. The fourth-order valence-electron chi connectivity index (χ4n) is 1.61. The van der Waals surface area contributed by atoms with Gasteiger partial charge in [-0.3, -0.25) is 10.1 Å². The van der Waals surface area contributed by atoms with Gasteiger partial charge in [-0.2, -0.15) is 0 Å². The van der Waals surface area contributed by atoms with Crippen LogP contribution < -0.4 is 4.74 Å². The molecule has 6 nitrogen and oxygen atoms in total. The number of benzene rings is 2. The maximum atomic E-state index is 11.2. The molecular formula is C13H8BrNO5. The Morgan fingerprint density at radius 3 is 2.45 bits per heavy atom. The Bertz CT molecular complexity index is 686. The van der Waals surface area contributed by atoms with Crippen molar-refractivity contribution in [1.82, 2.24) is 0 Å². The number of nitro groups is 1. The van der Waals surface area contributed by atoms with Gasteiger partial charge in [-0.25, -0.2) is 4.79 Å². The first-order valence-corrected chi connectivity index (χ1v) is 6.23. The van der Waals surface area contributed by atoms with E-state index in [2.05, 4.69) is 15.9 Å². The summed E-state index contributed by atoms with van der Waals surface area (Å²) in [7, 11) is 0. The predicted octanol–water partition coefficient (Wildman–Crippen LogP) is 3.85. The van der Waals surface area contributed by atoms with Crippen molar-refractivity contribution in [3.05, 3.63) is 62.6 Å². The number of para-hydroxylation sites is 2. The summed E-state index contributed by atoms with van der Waals surface area (Å²) in [5.74, 6) is -1.18. The summed E-state index contributed by atoms with van der Waals surface area (Å²) in [6, 6.07) is 10.3. The third-order valence-corrected chi connectivity index (χ3v) is 3.13. The number of halogens is 1. The van der Waals surface area contributed by atoms with Gasteiger partial charge in [-0.05, 0) is 34.1 Å². The monoisotopic (exact) mass is 337 g/mol. The molecule has 0 bridgehead atoms. The molecule has 0 aliphatic carbocycles. The van der Waals surface area contributed by atoms with E-state index in [1.54, 1.807) is 18.2 Å². The van der Waals surface area contributed by atoms with Crippen LogP contribution in [0.5, 0.6) is 11.5 Å². The first kappa shape index (κ1) is 14.0. The minimum atomic E-state index is -1.19. The highest BCUT2D eigenvalue weighted by atomic mass is 79.9. The second kappa shape index (κ2) is 5.70. The molecule has 0 amide bonds. The van der Waals surface area contributed by atoms with E-state index >= 15 is 0 Å². The predicted molar refractivity (Wildman–Crippen MR) is 74.3 cm³/mol.